The van der Waals surface area contributed by atoms with Crippen molar-refractivity contribution >= 4 is 12.0 Å². The molecule has 0 saturated carbocycles. The standard InChI is InChI=1S/C16H19N3O3/c1-16(10-20,11-21)18-15(22)7-4-13-2-5-14(6-3-13)19-9-8-17-12-19/h2-9,12,20-21H,10-11H2,1H3,(H,18,22)/b7-4+. The molecule has 0 atom stereocenters. The molecule has 0 aliphatic rings. The first kappa shape index (κ1) is 15.9. The molecule has 6 heteroatoms. The molecule has 1 amide bonds. The van der Waals surface area contributed by atoms with Gasteiger partial charge in [-0.3, -0.25) is 4.79 Å². The predicted octanol–water partition coefficient (Wildman–Crippen LogP) is 0.745. The molecule has 2 aromatic rings. The summed E-state index contributed by atoms with van der Waals surface area (Å²) in [6, 6.07) is 7.61. The topological polar surface area (TPSA) is 87.4 Å². The summed E-state index contributed by atoms with van der Waals surface area (Å²) in [5.74, 6) is -0.371. The number of nitrogens with zero attached hydrogens (tertiary/aromatic N) is 2. The van der Waals surface area contributed by atoms with E-state index in [9.17, 15) is 4.79 Å². The normalized spacial score (nSPS) is 11.8. The van der Waals surface area contributed by atoms with E-state index in [0.717, 1.165) is 11.3 Å². The first-order valence-electron chi connectivity index (χ1n) is 6.87. The van der Waals surface area contributed by atoms with Gasteiger partial charge in [-0.15, -0.1) is 0 Å². The zero-order valence-electron chi connectivity index (χ0n) is 12.3. The Labute approximate surface area is 128 Å². The molecule has 1 heterocycles. The van der Waals surface area contributed by atoms with Crippen molar-refractivity contribution in [1.82, 2.24) is 14.9 Å². The Hall–Kier alpha value is -2.44. The molecule has 6 nitrogen and oxygen atoms in total. The van der Waals surface area contributed by atoms with Crippen LogP contribution in [0.15, 0.2) is 49.1 Å². The van der Waals surface area contributed by atoms with Crippen LogP contribution >= 0.6 is 0 Å². The summed E-state index contributed by atoms with van der Waals surface area (Å²) >= 11 is 0. The van der Waals surface area contributed by atoms with Gasteiger partial charge in [-0.1, -0.05) is 12.1 Å². The number of imidazole rings is 1. The van der Waals surface area contributed by atoms with Crippen molar-refractivity contribution in [2.75, 3.05) is 13.2 Å². The van der Waals surface area contributed by atoms with Gasteiger partial charge in [0.2, 0.25) is 5.91 Å². The molecule has 0 aliphatic heterocycles. The monoisotopic (exact) mass is 301 g/mol. The highest BCUT2D eigenvalue weighted by Gasteiger charge is 2.23. The van der Waals surface area contributed by atoms with Crippen LogP contribution in [0, 0.1) is 0 Å². The Kier molecular flexibility index (Phi) is 5.08. The number of hydrogen-bond donors (Lipinski definition) is 3. The van der Waals surface area contributed by atoms with Crippen LogP contribution in [0.2, 0.25) is 0 Å². The molecule has 0 unspecified atom stereocenters. The summed E-state index contributed by atoms with van der Waals surface area (Å²) in [4.78, 5) is 15.8. The predicted molar refractivity (Wildman–Crippen MR) is 83.3 cm³/mol. The molecule has 0 saturated heterocycles. The molecule has 116 valence electrons. The smallest absolute Gasteiger partial charge is 0.244 e. The van der Waals surface area contributed by atoms with E-state index < -0.39 is 5.54 Å². The van der Waals surface area contributed by atoms with Crippen molar-refractivity contribution < 1.29 is 15.0 Å². The quantitative estimate of drug-likeness (QED) is 0.687. The largest absolute Gasteiger partial charge is 0.394 e. The van der Waals surface area contributed by atoms with Gasteiger partial charge in [-0.05, 0) is 30.7 Å². The van der Waals surface area contributed by atoms with E-state index in [1.165, 1.54) is 6.08 Å². The number of carbonyl (C=O) groups is 1. The summed E-state index contributed by atoms with van der Waals surface area (Å²) in [5, 5.41) is 20.8. The maximum absolute atomic E-state index is 11.8. The molecule has 0 bridgehead atoms. The van der Waals surface area contributed by atoms with Crippen molar-refractivity contribution in [3.63, 3.8) is 0 Å². The number of carbonyl (C=O) groups excluding carboxylic acids is 1. The lowest BCUT2D eigenvalue weighted by atomic mass is 10.1. The molecule has 22 heavy (non-hydrogen) atoms. The second kappa shape index (κ2) is 7.02. The maximum Gasteiger partial charge on any atom is 0.244 e. The fraction of sp³-hybridized carbons (Fsp3) is 0.250. The highest BCUT2D eigenvalue weighted by molar-refractivity contribution is 5.92. The van der Waals surface area contributed by atoms with Crippen LogP contribution in [0.5, 0.6) is 0 Å². The van der Waals surface area contributed by atoms with Crippen LogP contribution in [0.4, 0.5) is 0 Å². The van der Waals surface area contributed by atoms with Crippen LogP contribution < -0.4 is 5.32 Å². The van der Waals surface area contributed by atoms with Crippen molar-refractivity contribution in [3.05, 3.63) is 54.6 Å². The van der Waals surface area contributed by atoms with E-state index in [4.69, 9.17) is 10.2 Å². The maximum atomic E-state index is 11.8. The minimum Gasteiger partial charge on any atom is -0.394 e. The third kappa shape index (κ3) is 4.03. The third-order valence-corrected chi connectivity index (χ3v) is 3.25. The molecule has 0 spiro atoms. The first-order valence-corrected chi connectivity index (χ1v) is 6.87. The highest BCUT2D eigenvalue weighted by Crippen LogP contribution is 2.10. The highest BCUT2D eigenvalue weighted by atomic mass is 16.3. The van der Waals surface area contributed by atoms with Crippen LogP contribution in [0.25, 0.3) is 11.8 Å². The van der Waals surface area contributed by atoms with Crippen LogP contribution in [-0.4, -0.2) is 44.4 Å². The van der Waals surface area contributed by atoms with E-state index >= 15 is 0 Å². The lowest BCUT2D eigenvalue weighted by Gasteiger charge is -2.25. The second-order valence-electron chi connectivity index (χ2n) is 5.26. The van der Waals surface area contributed by atoms with Gasteiger partial charge >= 0.3 is 0 Å². The zero-order valence-corrected chi connectivity index (χ0v) is 12.3. The minimum absolute atomic E-state index is 0.331. The SMILES string of the molecule is CC(CO)(CO)NC(=O)/C=C/c1ccc(-n2ccnc2)cc1. The molecule has 1 aromatic carbocycles. The van der Waals surface area contributed by atoms with Gasteiger partial charge in [0.25, 0.3) is 0 Å². The van der Waals surface area contributed by atoms with E-state index in [-0.39, 0.29) is 19.1 Å². The number of nitrogens with one attached hydrogen (secondary N) is 1. The van der Waals surface area contributed by atoms with Gasteiger partial charge in [-0.2, -0.15) is 0 Å². The van der Waals surface area contributed by atoms with Crippen LogP contribution in [0.1, 0.15) is 12.5 Å². The van der Waals surface area contributed by atoms with Crippen molar-refractivity contribution in [3.8, 4) is 5.69 Å². The fourth-order valence-electron chi connectivity index (χ4n) is 1.81. The lowest BCUT2D eigenvalue weighted by molar-refractivity contribution is -0.119. The van der Waals surface area contributed by atoms with Crippen LogP contribution in [-0.2, 0) is 4.79 Å². The molecule has 0 aliphatic carbocycles. The minimum atomic E-state index is -1.02. The van der Waals surface area contributed by atoms with Gasteiger partial charge in [0.1, 0.15) is 0 Å². The zero-order chi connectivity index (χ0) is 16.0. The number of amides is 1. The molecule has 0 fully saturated rings. The molecule has 1 aromatic heterocycles. The number of aromatic nitrogens is 2. The van der Waals surface area contributed by atoms with Crippen LogP contribution in [0.3, 0.4) is 0 Å². The van der Waals surface area contributed by atoms with Gasteiger partial charge in [0, 0.05) is 24.2 Å². The Bertz CT molecular complexity index is 629. The van der Waals surface area contributed by atoms with Gasteiger partial charge in [-0.25, -0.2) is 4.98 Å². The number of rotatable bonds is 6. The van der Waals surface area contributed by atoms with E-state index in [1.807, 2.05) is 35.0 Å². The Morgan fingerprint density at radius 1 is 1.32 bits per heavy atom. The molecule has 3 N–H and O–H groups in total. The van der Waals surface area contributed by atoms with Crippen molar-refractivity contribution in [2.45, 2.75) is 12.5 Å². The van der Waals surface area contributed by atoms with E-state index in [1.54, 1.807) is 25.5 Å². The van der Waals surface area contributed by atoms with Gasteiger partial charge in [0.15, 0.2) is 0 Å². The van der Waals surface area contributed by atoms with E-state index in [0.29, 0.717) is 0 Å². The lowest BCUT2D eigenvalue weighted by Crippen LogP contribution is -2.51. The molecule has 2 rings (SSSR count). The molecular weight excluding hydrogens is 282 g/mol. The van der Waals surface area contributed by atoms with Crippen molar-refractivity contribution in [2.24, 2.45) is 0 Å². The summed E-state index contributed by atoms with van der Waals surface area (Å²) < 4.78 is 1.88. The first-order chi connectivity index (χ1) is 10.6. The molecular formula is C16H19N3O3. The number of aliphatic hydroxyl groups excluding tert-OH is 2. The Morgan fingerprint density at radius 2 is 2.00 bits per heavy atom. The fourth-order valence-corrected chi connectivity index (χ4v) is 1.81. The number of benzene rings is 1. The molecule has 0 radical (unpaired) electrons. The number of hydrogen-bond acceptors (Lipinski definition) is 4. The number of aliphatic hydroxyl groups is 2. The third-order valence-electron chi connectivity index (χ3n) is 3.25. The summed E-state index contributed by atoms with van der Waals surface area (Å²) in [6.45, 7) is 0.907. The second-order valence-corrected chi connectivity index (χ2v) is 5.26. The summed E-state index contributed by atoms with van der Waals surface area (Å²) in [7, 11) is 0. The average molecular weight is 301 g/mol. The van der Waals surface area contributed by atoms with E-state index in [2.05, 4.69) is 10.3 Å². The summed E-state index contributed by atoms with van der Waals surface area (Å²) in [5.41, 5.74) is 0.827. The van der Waals surface area contributed by atoms with Gasteiger partial charge in [0.05, 0.1) is 25.1 Å². The van der Waals surface area contributed by atoms with Gasteiger partial charge < -0.3 is 20.1 Å². The van der Waals surface area contributed by atoms with Crippen molar-refractivity contribution in [1.29, 1.82) is 0 Å². The Morgan fingerprint density at radius 3 is 2.55 bits per heavy atom. The Balaban J connectivity index is 2.00. The summed E-state index contributed by atoms with van der Waals surface area (Å²) in [6.07, 6.45) is 8.31. The average Bonchev–Trinajstić information content (AvgIpc) is 3.08.